The van der Waals surface area contributed by atoms with Crippen LogP contribution in [0.4, 0.5) is 0 Å². The second-order valence-electron chi connectivity index (χ2n) is 17.9. The number of ketones is 1. The fourth-order valence-electron chi connectivity index (χ4n) is 9.08. The third-order valence-electron chi connectivity index (χ3n) is 11.4. The summed E-state index contributed by atoms with van der Waals surface area (Å²) in [4.78, 5) is 16.7. The van der Waals surface area contributed by atoms with Crippen molar-refractivity contribution in [3.8, 4) is 11.3 Å². The van der Waals surface area contributed by atoms with Gasteiger partial charge in [0.05, 0.1) is 5.76 Å². The number of pyridine rings is 1. The summed E-state index contributed by atoms with van der Waals surface area (Å²) in [7, 11) is 0. The third-order valence-corrected chi connectivity index (χ3v) is 12.6. The maximum absolute atomic E-state index is 11.7. The Bertz CT molecular complexity index is 2040. The summed E-state index contributed by atoms with van der Waals surface area (Å²) in [6.07, 6.45) is 10.7. The maximum Gasteiger partial charge on any atom is 0.162 e. The van der Waals surface area contributed by atoms with Crippen LogP contribution in [0.15, 0.2) is 72.6 Å². The molecule has 1 aliphatic carbocycles. The van der Waals surface area contributed by atoms with E-state index in [0.29, 0.717) is 16.7 Å². The van der Waals surface area contributed by atoms with E-state index in [2.05, 4.69) is 109 Å². The maximum atomic E-state index is 11.7. The van der Waals surface area contributed by atoms with Crippen LogP contribution in [0.1, 0.15) is 138 Å². The van der Waals surface area contributed by atoms with Crippen LogP contribution < -0.4 is 0 Å². The van der Waals surface area contributed by atoms with E-state index in [-0.39, 0.29) is 48.9 Å². The van der Waals surface area contributed by atoms with Gasteiger partial charge in [0.1, 0.15) is 0 Å². The van der Waals surface area contributed by atoms with Gasteiger partial charge in [-0.05, 0) is 84.1 Å². The molecule has 0 unspecified atom stereocenters. The second kappa shape index (κ2) is 17.3. The molecule has 53 heavy (non-hydrogen) atoms. The van der Waals surface area contributed by atoms with Crippen molar-refractivity contribution in [2.45, 2.75) is 132 Å². The van der Waals surface area contributed by atoms with Crippen LogP contribution in [0, 0.1) is 28.7 Å². The third kappa shape index (κ3) is 9.70. The van der Waals surface area contributed by atoms with Gasteiger partial charge < -0.3 is 5.11 Å². The Kier molecular flexibility index (Phi) is 14.0. The van der Waals surface area contributed by atoms with E-state index in [1.165, 1.54) is 62.0 Å². The van der Waals surface area contributed by atoms with Gasteiger partial charge in [0.15, 0.2) is 5.78 Å². The molecule has 1 radical (unpaired) electrons. The van der Waals surface area contributed by atoms with Crippen molar-refractivity contribution in [1.29, 1.82) is 0 Å². The average molecular weight is 909 g/mol. The van der Waals surface area contributed by atoms with Crippen LogP contribution in [0.2, 0.25) is 0 Å². The molecule has 1 fully saturated rings. The zero-order valence-corrected chi connectivity index (χ0v) is 37.3. The fraction of sp³-hybridized carbons (Fsp3) is 0.500. The minimum Gasteiger partial charge on any atom is -0.512 e. The molecular weight excluding hydrogens is 847 g/mol. The molecule has 0 saturated heterocycles. The van der Waals surface area contributed by atoms with Crippen LogP contribution in [0.5, 0.6) is 0 Å². The van der Waals surface area contributed by atoms with Gasteiger partial charge in [-0.1, -0.05) is 124 Å². The van der Waals surface area contributed by atoms with Gasteiger partial charge in [0.25, 0.3) is 0 Å². The molecule has 0 amide bonds. The molecule has 0 atom stereocenters. The normalized spacial score (nSPS) is 16.2. The molecule has 0 bridgehead atoms. The number of allylic oxidation sites excluding steroid dienone is 2. The van der Waals surface area contributed by atoms with Crippen LogP contribution >= 0.6 is 11.3 Å². The standard InChI is InChI=1S/C35H38NS.C13H24O2.Ir/c1-33(2,3)29-18-23(17-22-11-8-9-12-25(22)29)30-32-28(15-16-36-30)27-14-10-13-26(31(27)37-32)24-19-34(4,5)21-35(6,7)20-24;1-5-10(6-2)12(14)9-13(15)11(7-3)8-4;/h8-16,18,24H,19-21H2,1-7H3;9-11,14H,5-8H2,1-4H3;/q-1;;/b;12-9-;. The Morgan fingerprint density at radius 1 is 0.868 bits per heavy atom. The predicted molar refractivity (Wildman–Crippen MR) is 226 cm³/mol. The number of fused-ring (bicyclic) bond motifs is 4. The predicted octanol–water partition coefficient (Wildman–Crippen LogP) is 14.6. The fourth-order valence-corrected chi connectivity index (χ4v) is 10.5. The zero-order chi connectivity index (χ0) is 38.0. The summed E-state index contributed by atoms with van der Waals surface area (Å²) < 4.78 is 2.73. The van der Waals surface area contributed by atoms with Gasteiger partial charge >= 0.3 is 0 Å². The van der Waals surface area contributed by atoms with Crippen LogP contribution in [-0.4, -0.2) is 15.9 Å². The summed E-state index contributed by atoms with van der Waals surface area (Å²) in [5, 5.41) is 14.9. The number of carbonyl (C=O) groups excluding carboxylic acids is 1. The topological polar surface area (TPSA) is 50.2 Å². The number of aliphatic hydroxyl groups is 1. The van der Waals surface area contributed by atoms with E-state index in [9.17, 15) is 9.90 Å². The number of nitrogens with zero attached hydrogens (tertiary/aromatic N) is 1. The molecule has 2 heterocycles. The van der Waals surface area contributed by atoms with Crippen LogP contribution in [-0.2, 0) is 30.3 Å². The molecule has 1 saturated carbocycles. The largest absolute Gasteiger partial charge is 0.512 e. The molecule has 5 aromatic rings. The number of benzene rings is 3. The smallest absolute Gasteiger partial charge is 0.162 e. The first-order chi connectivity index (χ1) is 24.5. The minimum atomic E-state index is 0. The summed E-state index contributed by atoms with van der Waals surface area (Å²) in [5.74, 6) is 1.14. The Hall–Kier alpha value is -2.85. The molecule has 3 nitrogen and oxygen atoms in total. The van der Waals surface area contributed by atoms with Gasteiger partial charge in [-0.25, -0.2) is 0 Å². The Labute approximate surface area is 337 Å². The van der Waals surface area contributed by atoms with Crippen molar-refractivity contribution in [3.63, 3.8) is 0 Å². The van der Waals surface area contributed by atoms with Gasteiger partial charge in [0, 0.05) is 64.7 Å². The first-order valence-electron chi connectivity index (χ1n) is 19.7. The number of carbonyl (C=O) groups is 1. The van der Waals surface area contributed by atoms with E-state index >= 15 is 0 Å². The molecule has 5 heteroatoms. The number of hydrogen-bond acceptors (Lipinski definition) is 4. The van der Waals surface area contributed by atoms with Gasteiger partial charge in [-0.3, -0.25) is 9.78 Å². The molecule has 287 valence electrons. The van der Waals surface area contributed by atoms with Crippen molar-refractivity contribution >= 4 is 48.1 Å². The monoisotopic (exact) mass is 909 g/mol. The molecule has 1 N–H and O–H groups in total. The molecule has 0 aliphatic heterocycles. The number of hydrogen-bond donors (Lipinski definition) is 1. The number of aromatic nitrogens is 1. The van der Waals surface area contributed by atoms with Crippen molar-refractivity contribution in [1.82, 2.24) is 4.98 Å². The van der Waals surface area contributed by atoms with Gasteiger partial charge in [0.2, 0.25) is 0 Å². The van der Waals surface area contributed by atoms with E-state index < -0.39 is 0 Å². The Morgan fingerprint density at radius 3 is 2.06 bits per heavy atom. The van der Waals surface area contributed by atoms with E-state index in [0.717, 1.165) is 42.3 Å². The van der Waals surface area contributed by atoms with Crippen molar-refractivity contribution in [2.24, 2.45) is 22.7 Å². The van der Waals surface area contributed by atoms with Gasteiger partial charge in [-0.15, -0.1) is 40.5 Å². The molecule has 3 aromatic carbocycles. The van der Waals surface area contributed by atoms with Gasteiger partial charge in [-0.2, -0.15) is 0 Å². The first kappa shape index (κ1) is 42.9. The molecular formula is C48H62IrNO2S-. The number of aliphatic hydroxyl groups excluding tert-OH is 1. The van der Waals surface area contributed by atoms with Crippen molar-refractivity contribution in [2.75, 3.05) is 0 Å². The minimum absolute atomic E-state index is 0. The number of thiophene rings is 1. The molecule has 2 aromatic heterocycles. The van der Waals surface area contributed by atoms with Crippen LogP contribution in [0.25, 0.3) is 42.2 Å². The Balaban J connectivity index is 0.000000335. The Morgan fingerprint density at radius 2 is 1.45 bits per heavy atom. The molecule has 1 aliphatic rings. The van der Waals surface area contributed by atoms with E-state index in [1.807, 2.05) is 45.2 Å². The summed E-state index contributed by atoms with van der Waals surface area (Å²) >= 11 is 1.94. The zero-order valence-electron chi connectivity index (χ0n) is 34.1. The second-order valence-corrected chi connectivity index (χ2v) is 18.9. The molecule has 6 rings (SSSR count). The summed E-state index contributed by atoms with van der Waals surface area (Å²) in [6.45, 7) is 24.8. The van der Waals surface area contributed by atoms with E-state index in [1.54, 1.807) is 0 Å². The van der Waals surface area contributed by atoms with Crippen LogP contribution in [0.3, 0.4) is 0 Å². The SMILES string of the molecule is CC1(C)CC(c2cccc3c2sc2c(-c4[c-]c5ccccc5c(C(C)(C)C)c4)nccc23)CC(C)(C)C1.CCC(CC)C(=O)/C=C(\O)C(CC)CC.[Ir]. The quantitative estimate of drug-likeness (QED) is 0.0911. The summed E-state index contributed by atoms with van der Waals surface area (Å²) in [6, 6.07) is 23.9. The number of rotatable bonds is 9. The van der Waals surface area contributed by atoms with Crippen molar-refractivity contribution in [3.05, 3.63) is 89.8 Å². The van der Waals surface area contributed by atoms with Crippen molar-refractivity contribution < 1.29 is 30.0 Å². The average Bonchev–Trinajstić information content (AvgIpc) is 3.46. The van der Waals surface area contributed by atoms with E-state index in [4.69, 9.17) is 4.98 Å². The summed E-state index contributed by atoms with van der Waals surface area (Å²) in [5.41, 5.74) is 5.80. The molecule has 0 spiro atoms. The first-order valence-corrected chi connectivity index (χ1v) is 20.5.